The summed E-state index contributed by atoms with van der Waals surface area (Å²) in [5.41, 5.74) is 2.68. The summed E-state index contributed by atoms with van der Waals surface area (Å²) in [5, 5.41) is 20.8. The first-order chi connectivity index (χ1) is 23.0. The molecule has 11 nitrogen and oxygen atoms in total. The molecule has 0 spiro atoms. The third-order valence-electron chi connectivity index (χ3n) is 6.85. The lowest BCUT2D eigenvalue weighted by Crippen LogP contribution is -2.37. The van der Waals surface area contributed by atoms with Gasteiger partial charge in [0.05, 0.1) is 24.4 Å². The van der Waals surface area contributed by atoms with Gasteiger partial charge in [0.1, 0.15) is 24.8 Å². The monoisotopic (exact) mass is 649 g/mol. The van der Waals surface area contributed by atoms with Gasteiger partial charge in [0, 0.05) is 23.9 Å². The highest BCUT2D eigenvalue weighted by atomic mass is 16.6. The van der Waals surface area contributed by atoms with E-state index in [1.807, 2.05) is 60.7 Å². The van der Waals surface area contributed by atoms with Crippen LogP contribution in [0.15, 0.2) is 97.1 Å². The number of carbonyl (C=O) groups is 3. The number of benzene rings is 4. The molecule has 1 atom stereocenters. The van der Waals surface area contributed by atoms with Crippen LogP contribution in [0.25, 0.3) is 0 Å². The fourth-order valence-corrected chi connectivity index (χ4v) is 4.57. The molecule has 0 heterocycles. The molecule has 4 aromatic rings. The summed E-state index contributed by atoms with van der Waals surface area (Å²) in [4.78, 5) is 39.4. The Morgan fingerprint density at radius 2 is 1.48 bits per heavy atom. The number of rotatable bonds is 13. The van der Waals surface area contributed by atoms with Crippen LogP contribution in [0.1, 0.15) is 49.1 Å². The molecule has 0 saturated carbocycles. The number of hydrogen-bond donors (Lipinski definition) is 4. The van der Waals surface area contributed by atoms with Crippen molar-refractivity contribution in [3.05, 3.63) is 119 Å². The predicted molar refractivity (Wildman–Crippen MR) is 182 cm³/mol. The Hall–Kier alpha value is -6.02. The Morgan fingerprint density at radius 3 is 2.08 bits per heavy atom. The first-order valence-electron chi connectivity index (χ1n) is 15.3. The fraction of sp³-hybridized carbons (Fsp3) is 0.243. The second kappa shape index (κ2) is 16.5. The lowest BCUT2D eigenvalue weighted by atomic mass is 10.0. The summed E-state index contributed by atoms with van der Waals surface area (Å²) in [5.74, 6) is -0.315. The van der Waals surface area contributed by atoms with Crippen molar-refractivity contribution in [3.63, 3.8) is 0 Å². The van der Waals surface area contributed by atoms with E-state index in [0.29, 0.717) is 28.3 Å². The third-order valence-corrected chi connectivity index (χ3v) is 6.85. The van der Waals surface area contributed by atoms with Crippen LogP contribution in [0.5, 0.6) is 11.5 Å². The minimum absolute atomic E-state index is 0.217. The van der Waals surface area contributed by atoms with Gasteiger partial charge in [0.15, 0.2) is 11.5 Å². The van der Waals surface area contributed by atoms with Gasteiger partial charge in [0.2, 0.25) is 11.8 Å². The zero-order chi connectivity index (χ0) is 34.5. The molecule has 0 aliphatic rings. The van der Waals surface area contributed by atoms with Crippen molar-refractivity contribution >= 4 is 29.3 Å². The number of amides is 3. The van der Waals surface area contributed by atoms with E-state index in [9.17, 15) is 19.6 Å². The number of nitriles is 1. The minimum Gasteiger partial charge on any atom is -0.493 e. The van der Waals surface area contributed by atoms with Crippen molar-refractivity contribution in [1.82, 2.24) is 10.6 Å². The zero-order valence-electron chi connectivity index (χ0n) is 27.3. The lowest BCUT2D eigenvalue weighted by molar-refractivity contribution is -0.122. The second-order valence-electron chi connectivity index (χ2n) is 11.7. The standard InChI is InChI=1S/C37H39N5O6/c1-37(2,3)48-36(45)40-23-33(43)42-30-20-32(47-24-27-13-9-6-10-14-27)31(46-4)19-29(30)34(41-28-17-15-25(21-38)16-18-28)35(44)39-22-26-11-7-5-8-12-26/h5-20,34,41H,22-24H2,1-4H3,(H,39,44)(H,40,45)(H,42,43). The van der Waals surface area contributed by atoms with Crippen molar-refractivity contribution in [3.8, 4) is 17.6 Å². The first kappa shape index (κ1) is 34.8. The summed E-state index contributed by atoms with van der Waals surface area (Å²) in [6.07, 6.45) is -0.750. The van der Waals surface area contributed by atoms with Gasteiger partial charge in [-0.2, -0.15) is 5.26 Å². The average Bonchev–Trinajstić information content (AvgIpc) is 3.08. The maximum atomic E-state index is 13.9. The van der Waals surface area contributed by atoms with E-state index < -0.39 is 36.1 Å². The van der Waals surface area contributed by atoms with Gasteiger partial charge in [-0.15, -0.1) is 0 Å². The van der Waals surface area contributed by atoms with E-state index in [1.54, 1.807) is 57.2 Å². The molecule has 0 saturated heterocycles. The molecule has 0 fully saturated rings. The quantitative estimate of drug-likeness (QED) is 0.136. The maximum absolute atomic E-state index is 13.9. The van der Waals surface area contributed by atoms with Crippen LogP contribution in [0.2, 0.25) is 0 Å². The van der Waals surface area contributed by atoms with Crippen molar-refractivity contribution in [2.45, 2.75) is 45.6 Å². The SMILES string of the molecule is COc1cc(C(Nc2ccc(C#N)cc2)C(=O)NCc2ccccc2)c(NC(=O)CNC(=O)OC(C)(C)C)cc1OCc1ccccc1. The highest BCUT2D eigenvalue weighted by molar-refractivity contribution is 5.97. The van der Waals surface area contributed by atoms with Crippen LogP contribution >= 0.6 is 0 Å². The largest absolute Gasteiger partial charge is 0.493 e. The van der Waals surface area contributed by atoms with E-state index in [1.165, 1.54) is 7.11 Å². The van der Waals surface area contributed by atoms with E-state index >= 15 is 0 Å². The van der Waals surface area contributed by atoms with Crippen molar-refractivity contribution < 1.29 is 28.6 Å². The number of anilines is 2. The first-order valence-corrected chi connectivity index (χ1v) is 15.3. The Bertz CT molecular complexity index is 1730. The molecule has 11 heteroatoms. The number of hydrogen-bond acceptors (Lipinski definition) is 8. The van der Waals surface area contributed by atoms with Crippen molar-refractivity contribution in [1.29, 1.82) is 5.26 Å². The molecular weight excluding hydrogens is 610 g/mol. The summed E-state index contributed by atoms with van der Waals surface area (Å²) in [6.45, 7) is 5.23. The van der Waals surface area contributed by atoms with Crippen LogP contribution in [0, 0.1) is 11.3 Å². The van der Waals surface area contributed by atoms with Crippen LogP contribution in [0.4, 0.5) is 16.2 Å². The van der Waals surface area contributed by atoms with E-state index in [4.69, 9.17) is 14.2 Å². The average molecular weight is 650 g/mol. The smallest absolute Gasteiger partial charge is 0.408 e. The Balaban J connectivity index is 1.71. The summed E-state index contributed by atoms with van der Waals surface area (Å²) in [7, 11) is 1.48. The fourth-order valence-electron chi connectivity index (χ4n) is 4.57. The van der Waals surface area contributed by atoms with Gasteiger partial charge in [0.25, 0.3) is 0 Å². The topological polar surface area (TPSA) is 151 Å². The van der Waals surface area contributed by atoms with Gasteiger partial charge < -0.3 is 35.5 Å². The van der Waals surface area contributed by atoms with Crippen LogP contribution < -0.4 is 30.7 Å². The Kier molecular flexibility index (Phi) is 12.0. The molecule has 4 N–H and O–H groups in total. The molecular formula is C37H39N5O6. The summed E-state index contributed by atoms with van der Waals surface area (Å²) < 4.78 is 17.1. The normalized spacial score (nSPS) is 11.3. The molecule has 0 aromatic heterocycles. The number of nitrogens with zero attached hydrogens (tertiary/aromatic N) is 1. The van der Waals surface area contributed by atoms with Gasteiger partial charge in [-0.3, -0.25) is 9.59 Å². The molecule has 0 aliphatic carbocycles. The minimum atomic E-state index is -1.05. The van der Waals surface area contributed by atoms with Crippen LogP contribution in [-0.4, -0.2) is 37.2 Å². The highest BCUT2D eigenvalue weighted by Gasteiger charge is 2.27. The van der Waals surface area contributed by atoms with Crippen LogP contribution in [-0.2, 0) is 27.5 Å². The molecule has 48 heavy (non-hydrogen) atoms. The van der Waals surface area contributed by atoms with E-state index in [2.05, 4.69) is 27.3 Å². The second-order valence-corrected chi connectivity index (χ2v) is 11.7. The van der Waals surface area contributed by atoms with Crippen molar-refractivity contribution in [2.24, 2.45) is 0 Å². The van der Waals surface area contributed by atoms with E-state index in [0.717, 1.165) is 11.1 Å². The summed E-state index contributed by atoms with van der Waals surface area (Å²) >= 11 is 0. The maximum Gasteiger partial charge on any atom is 0.408 e. The molecule has 4 rings (SSSR count). The number of alkyl carbamates (subject to hydrolysis) is 1. The molecule has 0 aliphatic heterocycles. The van der Waals surface area contributed by atoms with Gasteiger partial charge >= 0.3 is 6.09 Å². The number of carbonyl (C=O) groups excluding carboxylic acids is 3. The van der Waals surface area contributed by atoms with Crippen molar-refractivity contribution in [2.75, 3.05) is 24.3 Å². The zero-order valence-corrected chi connectivity index (χ0v) is 27.3. The number of nitrogens with one attached hydrogen (secondary N) is 4. The third kappa shape index (κ3) is 10.5. The molecule has 4 aromatic carbocycles. The highest BCUT2D eigenvalue weighted by Crippen LogP contribution is 2.38. The summed E-state index contributed by atoms with van der Waals surface area (Å²) in [6, 6.07) is 29.9. The Morgan fingerprint density at radius 1 is 0.833 bits per heavy atom. The van der Waals surface area contributed by atoms with Gasteiger partial charge in [-0.25, -0.2) is 4.79 Å². The molecule has 3 amide bonds. The predicted octanol–water partition coefficient (Wildman–Crippen LogP) is 6.08. The number of ether oxygens (including phenoxy) is 3. The molecule has 1 unspecified atom stereocenters. The molecule has 248 valence electrons. The number of methoxy groups -OCH3 is 1. The van der Waals surface area contributed by atoms with Gasteiger partial charge in [-0.05, 0) is 62.2 Å². The van der Waals surface area contributed by atoms with Gasteiger partial charge in [-0.1, -0.05) is 60.7 Å². The lowest BCUT2D eigenvalue weighted by Gasteiger charge is -2.25. The molecule has 0 bridgehead atoms. The Labute approximate surface area is 280 Å². The van der Waals surface area contributed by atoms with Crippen LogP contribution in [0.3, 0.4) is 0 Å². The van der Waals surface area contributed by atoms with E-state index in [-0.39, 0.29) is 18.8 Å². The molecule has 0 radical (unpaired) electrons.